The van der Waals surface area contributed by atoms with Crippen LogP contribution in [0.25, 0.3) is 0 Å². The summed E-state index contributed by atoms with van der Waals surface area (Å²) in [6.45, 7) is 1.74. The normalized spacial score (nSPS) is 9.17. The van der Waals surface area contributed by atoms with Gasteiger partial charge in [0.25, 0.3) is 0 Å². The summed E-state index contributed by atoms with van der Waals surface area (Å²) in [6, 6.07) is 6.48. The summed E-state index contributed by atoms with van der Waals surface area (Å²) in [5.74, 6) is 5.56. The van der Waals surface area contributed by atoms with Gasteiger partial charge in [0.2, 0.25) is 0 Å². The molecule has 0 aromatic heterocycles. The van der Waals surface area contributed by atoms with Crippen molar-refractivity contribution in [1.29, 1.82) is 0 Å². The van der Waals surface area contributed by atoms with Crippen molar-refractivity contribution < 1.29 is 8.42 Å². The van der Waals surface area contributed by atoms with Gasteiger partial charge in [-0.15, -0.1) is 5.92 Å². The van der Waals surface area contributed by atoms with Crippen LogP contribution < -0.4 is 0 Å². The summed E-state index contributed by atoms with van der Waals surface area (Å²) in [5, 5.41) is 0. The van der Waals surface area contributed by atoms with E-state index >= 15 is 0 Å². The Morgan fingerprint density at radius 1 is 1.17 bits per heavy atom. The van der Waals surface area contributed by atoms with E-state index in [1.165, 1.54) is 0 Å². The first-order chi connectivity index (χ1) is 5.74. The largest absolute Gasteiger partial charge is 0.227 e. The molecule has 1 aromatic carbocycles. The highest BCUT2D eigenvalue weighted by atomic mass is 32.2. The number of hydrogen-bond acceptors (Lipinski definition) is 2. The molecule has 0 saturated carbocycles. The first-order valence-electron chi connectivity index (χ1n) is 3.41. The lowest BCUT2D eigenvalue weighted by atomic mass is 10.2. The van der Waals surface area contributed by atoms with Crippen molar-refractivity contribution in [1.82, 2.24) is 0 Å². The minimum Gasteiger partial charge on any atom is -0.227 e. The predicted molar refractivity (Wildman–Crippen MR) is 47.6 cm³/mol. The van der Waals surface area contributed by atoms with E-state index in [0.717, 1.165) is 5.56 Å². The fraction of sp³-hybridized carbons (Fsp3) is 0.111. The second-order valence-corrected chi connectivity index (χ2v) is 3.21. The first kappa shape index (κ1) is 8.82. The van der Waals surface area contributed by atoms with Crippen LogP contribution in [0.5, 0.6) is 0 Å². The van der Waals surface area contributed by atoms with E-state index in [9.17, 15) is 8.42 Å². The molecule has 0 aliphatic carbocycles. The van der Waals surface area contributed by atoms with Crippen LogP contribution in [-0.4, -0.2) is 8.42 Å². The standard InChI is InChI=1S/C9H8O2S/c1-2-3-8-4-6-9(7-5-8)12(10)11/h4-7,12H,1H3. The zero-order valence-electron chi connectivity index (χ0n) is 6.57. The van der Waals surface area contributed by atoms with Crippen LogP contribution in [0.3, 0.4) is 0 Å². The smallest absolute Gasteiger partial charge is 0.168 e. The van der Waals surface area contributed by atoms with Gasteiger partial charge in [0.15, 0.2) is 10.7 Å². The zero-order valence-corrected chi connectivity index (χ0v) is 7.47. The molecular weight excluding hydrogens is 172 g/mol. The molecular formula is C9H8O2S. The first-order valence-corrected chi connectivity index (χ1v) is 4.59. The van der Waals surface area contributed by atoms with Crippen LogP contribution in [-0.2, 0) is 10.7 Å². The van der Waals surface area contributed by atoms with E-state index < -0.39 is 10.7 Å². The summed E-state index contributed by atoms with van der Waals surface area (Å²) in [4.78, 5) is 0.326. The van der Waals surface area contributed by atoms with Crippen molar-refractivity contribution in [2.75, 3.05) is 0 Å². The minimum atomic E-state index is -2.47. The fourth-order valence-electron chi connectivity index (χ4n) is 0.811. The lowest BCUT2D eigenvalue weighted by molar-refractivity contribution is 0.614. The molecule has 0 spiro atoms. The van der Waals surface area contributed by atoms with Crippen LogP contribution in [0.15, 0.2) is 29.2 Å². The minimum absolute atomic E-state index is 0.326. The van der Waals surface area contributed by atoms with E-state index in [0.29, 0.717) is 4.90 Å². The highest BCUT2D eigenvalue weighted by molar-refractivity contribution is 7.72. The third kappa shape index (κ3) is 2.11. The predicted octanol–water partition coefficient (Wildman–Crippen LogP) is 1.03. The zero-order chi connectivity index (χ0) is 8.97. The number of hydrogen-bond donors (Lipinski definition) is 1. The third-order valence-electron chi connectivity index (χ3n) is 1.35. The summed E-state index contributed by atoms with van der Waals surface area (Å²) < 4.78 is 20.9. The van der Waals surface area contributed by atoms with Gasteiger partial charge in [-0.3, -0.25) is 0 Å². The quantitative estimate of drug-likeness (QED) is 0.517. The van der Waals surface area contributed by atoms with Gasteiger partial charge >= 0.3 is 0 Å². The molecule has 0 aliphatic heterocycles. The second kappa shape index (κ2) is 3.93. The second-order valence-electron chi connectivity index (χ2n) is 2.18. The van der Waals surface area contributed by atoms with Crippen LogP contribution in [0.4, 0.5) is 0 Å². The highest BCUT2D eigenvalue weighted by Gasteiger charge is 1.92. The molecule has 0 radical (unpaired) electrons. The lowest BCUT2D eigenvalue weighted by Crippen LogP contribution is -1.80. The van der Waals surface area contributed by atoms with Crippen LogP contribution >= 0.6 is 0 Å². The van der Waals surface area contributed by atoms with Gasteiger partial charge in [-0.2, -0.15) is 0 Å². The summed E-state index contributed by atoms with van der Waals surface area (Å²) in [7, 11) is -2.47. The van der Waals surface area contributed by atoms with Crippen molar-refractivity contribution in [3.05, 3.63) is 29.8 Å². The average Bonchev–Trinajstić information content (AvgIpc) is 2.06. The monoisotopic (exact) mass is 180 g/mol. The molecule has 3 heteroatoms. The van der Waals surface area contributed by atoms with Crippen LogP contribution in [0, 0.1) is 11.8 Å². The topological polar surface area (TPSA) is 34.1 Å². The average molecular weight is 180 g/mol. The van der Waals surface area contributed by atoms with Gasteiger partial charge in [-0.25, -0.2) is 8.42 Å². The van der Waals surface area contributed by atoms with Crippen molar-refractivity contribution in [2.45, 2.75) is 11.8 Å². The van der Waals surface area contributed by atoms with Crippen molar-refractivity contribution in [3.63, 3.8) is 0 Å². The van der Waals surface area contributed by atoms with Gasteiger partial charge < -0.3 is 0 Å². The molecule has 0 atom stereocenters. The van der Waals surface area contributed by atoms with Crippen molar-refractivity contribution >= 4 is 10.7 Å². The van der Waals surface area contributed by atoms with E-state index in [4.69, 9.17) is 0 Å². The summed E-state index contributed by atoms with van der Waals surface area (Å²) in [5.41, 5.74) is 0.832. The molecule has 0 unspecified atom stereocenters. The molecule has 0 bridgehead atoms. The van der Waals surface area contributed by atoms with Gasteiger partial charge in [-0.05, 0) is 31.2 Å². The van der Waals surface area contributed by atoms with E-state index in [2.05, 4.69) is 11.8 Å². The molecule has 62 valence electrons. The molecule has 0 fully saturated rings. The van der Waals surface area contributed by atoms with Crippen LogP contribution in [0.1, 0.15) is 12.5 Å². The van der Waals surface area contributed by atoms with Crippen molar-refractivity contribution in [3.8, 4) is 11.8 Å². The third-order valence-corrected chi connectivity index (χ3v) is 2.07. The van der Waals surface area contributed by atoms with E-state index in [1.807, 2.05) is 0 Å². The van der Waals surface area contributed by atoms with Gasteiger partial charge in [0.1, 0.15) is 0 Å². The lowest BCUT2D eigenvalue weighted by Gasteiger charge is -1.90. The Bertz CT molecular complexity index is 383. The maximum absolute atomic E-state index is 10.5. The number of benzene rings is 1. The fourth-order valence-corrected chi connectivity index (χ4v) is 1.20. The van der Waals surface area contributed by atoms with Gasteiger partial charge in [0.05, 0.1) is 4.90 Å². The Labute approximate surface area is 73.2 Å². The molecule has 1 rings (SSSR count). The van der Waals surface area contributed by atoms with Crippen LogP contribution in [0.2, 0.25) is 0 Å². The molecule has 0 N–H and O–H groups in total. The molecule has 0 amide bonds. The number of rotatable bonds is 1. The molecule has 0 heterocycles. The molecule has 0 aliphatic rings. The molecule has 12 heavy (non-hydrogen) atoms. The Kier molecular flexibility index (Phi) is 2.89. The summed E-state index contributed by atoms with van der Waals surface area (Å²) in [6.07, 6.45) is 0. The highest BCUT2D eigenvalue weighted by Crippen LogP contribution is 2.03. The van der Waals surface area contributed by atoms with E-state index in [-0.39, 0.29) is 0 Å². The maximum atomic E-state index is 10.5. The Hall–Kier alpha value is -1.27. The molecule has 1 aromatic rings. The maximum Gasteiger partial charge on any atom is 0.168 e. The summed E-state index contributed by atoms with van der Waals surface area (Å²) >= 11 is 0. The number of thiol groups is 1. The molecule has 0 saturated heterocycles. The SMILES string of the molecule is CC#Cc1ccc([SH](=O)=O)cc1. The molecule has 2 nitrogen and oxygen atoms in total. The Balaban J connectivity index is 3.06. The van der Waals surface area contributed by atoms with Gasteiger partial charge in [0, 0.05) is 5.56 Å². The van der Waals surface area contributed by atoms with Gasteiger partial charge in [-0.1, -0.05) is 5.92 Å². The Morgan fingerprint density at radius 3 is 2.17 bits per heavy atom. The van der Waals surface area contributed by atoms with Crippen molar-refractivity contribution in [2.24, 2.45) is 0 Å². The van der Waals surface area contributed by atoms with E-state index in [1.54, 1.807) is 31.2 Å². The Morgan fingerprint density at radius 2 is 1.75 bits per heavy atom.